The number of hydrogen-bond acceptors (Lipinski definition) is 5. The van der Waals surface area contributed by atoms with E-state index in [1.54, 1.807) is 24.3 Å². The molecule has 4 aromatic rings. The molecule has 0 saturated heterocycles. The lowest BCUT2D eigenvalue weighted by Gasteiger charge is -2.39. The molecule has 2 unspecified atom stereocenters. The molecule has 1 aliphatic heterocycles. The van der Waals surface area contributed by atoms with Crippen LogP contribution in [0.5, 0.6) is 0 Å². The molecule has 39 heavy (non-hydrogen) atoms. The van der Waals surface area contributed by atoms with Crippen LogP contribution in [0, 0.1) is 0 Å². The summed E-state index contributed by atoms with van der Waals surface area (Å²) in [5.74, 6) is 0.550. The molecule has 6 rings (SSSR count). The first-order valence-corrected chi connectivity index (χ1v) is 13.9. The Balaban J connectivity index is 1.25. The fourth-order valence-electron chi connectivity index (χ4n) is 6.14. The summed E-state index contributed by atoms with van der Waals surface area (Å²) in [6.45, 7) is 5.28. The third kappa shape index (κ3) is 4.79. The first-order valence-electron chi connectivity index (χ1n) is 13.9. The minimum atomic E-state index is -0.190. The first kappa shape index (κ1) is 25.2. The van der Waals surface area contributed by atoms with E-state index in [0.717, 1.165) is 67.6 Å². The predicted octanol–water partition coefficient (Wildman–Crippen LogP) is 6.03. The maximum Gasteiger partial charge on any atom is 0.261 e. The molecule has 2 aromatic heterocycles. The maximum atomic E-state index is 12.8. The molecule has 2 atom stereocenters. The molecule has 2 aliphatic rings. The third-order valence-corrected chi connectivity index (χ3v) is 8.01. The monoisotopic (exact) mass is 519 g/mol. The lowest BCUT2D eigenvalue weighted by atomic mass is 9.89. The Morgan fingerprint density at radius 1 is 1.03 bits per heavy atom. The molecule has 7 heteroatoms. The van der Waals surface area contributed by atoms with Crippen LogP contribution in [-0.4, -0.2) is 49.7 Å². The number of aromatic amines is 1. The van der Waals surface area contributed by atoms with Gasteiger partial charge in [0.2, 0.25) is 0 Å². The molecule has 0 bridgehead atoms. The van der Waals surface area contributed by atoms with E-state index < -0.39 is 0 Å². The van der Waals surface area contributed by atoms with Crippen molar-refractivity contribution in [1.29, 1.82) is 0 Å². The number of nitrogens with one attached hydrogen (secondary N) is 1. The highest BCUT2D eigenvalue weighted by Crippen LogP contribution is 2.39. The van der Waals surface area contributed by atoms with Gasteiger partial charge in [0.1, 0.15) is 5.82 Å². The number of imidazole rings is 1. The summed E-state index contributed by atoms with van der Waals surface area (Å²) in [5.41, 5.74) is 5.44. The van der Waals surface area contributed by atoms with Gasteiger partial charge >= 0.3 is 0 Å². The van der Waals surface area contributed by atoms with Crippen molar-refractivity contribution in [3.63, 3.8) is 0 Å². The second-order valence-corrected chi connectivity index (χ2v) is 10.4. The Bertz CT molecular complexity index is 1460. The number of hydrogen-bond donors (Lipinski definition) is 1. The lowest BCUT2D eigenvalue weighted by molar-refractivity contribution is 0.0644. The van der Waals surface area contributed by atoms with Gasteiger partial charge in [-0.05, 0) is 81.0 Å². The van der Waals surface area contributed by atoms with Crippen molar-refractivity contribution in [2.24, 2.45) is 0 Å². The van der Waals surface area contributed by atoms with Crippen LogP contribution in [0.25, 0.3) is 11.0 Å². The number of aromatic nitrogens is 3. The van der Waals surface area contributed by atoms with Crippen molar-refractivity contribution in [3.8, 4) is 0 Å². The summed E-state index contributed by atoms with van der Waals surface area (Å²) >= 11 is 0. The van der Waals surface area contributed by atoms with Crippen molar-refractivity contribution in [2.45, 2.75) is 50.6 Å². The SMILES string of the molecule is C=CCC(c1nc2ccccc2[nH]1)N(CCCCN1C(=O)c2ccccc2C1=O)C1CCCc2cccnc21. The quantitative estimate of drug-likeness (QED) is 0.157. The standard InChI is InChI=1S/C32H33N5O2/c1-2-11-28(30-34-25-16-5-6-17-26(25)35-30)36(27-18-9-12-22-13-10-19-33-29(22)27)20-7-8-21-37-31(38)23-14-3-4-15-24(23)32(37)39/h2-6,10,13-17,19,27-28H,1,7-9,11-12,18,20-21H2,(H,34,35). The van der Waals surface area contributed by atoms with E-state index in [4.69, 9.17) is 9.97 Å². The van der Waals surface area contributed by atoms with Gasteiger partial charge in [0.25, 0.3) is 11.8 Å². The van der Waals surface area contributed by atoms with E-state index in [1.165, 1.54) is 10.5 Å². The van der Waals surface area contributed by atoms with E-state index >= 15 is 0 Å². The van der Waals surface area contributed by atoms with Gasteiger partial charge in [-0.2, -0.15) is 0 Å². The average molecular weight is 520 g/mol. The Morgan fingerprint density at radius 3 is 2.56 bits per heavy atom. The molecule has 198 valence electrons. The number of nitrogens with zero attached hydrogens (tertiary/aromatic N) is 4. The van der Waals surface area contributed by atoms with Crippen molar-refractivity contribution in [3.05, 3.63) is 108 Å². The van der Waals surface area contributed by atoms with E-state index in [0.29, 0.717) is 17.7 Å². The molecule has 3 heterocycles. The summed E-state index contributed by atoms with van der Waals surface area (Å²) in [6, 6.07) is 19.6. The van der Waals surface area contributed by atoms with Gasteiger partial charge in [0, 0.05) is 12.7 Å². The zero-order valence-corrected chi connectivity index (χ0v) is 22.1. The van der Waals surface area contributed by atoms with E-state index in [-0.39, 0.29) is 23.9 Å². The number of H-pyrrole nitrogens is 1. The number of para-hydroxylation sites is 2. The van der Waals surface area contributed by atoms with Crippen LogP contribution in [0.2, 0.25) is 0 Å². The molecule has 0 saturated carbocycles. The molecule has 1 aliphatic carbocycles. The molecule has 2 aromatic carbocycles. The van der Waals surface area contributed by atoms with Gasteiger partial charge in [-0.15, -0.1) is 6.58 Å². The van der Waals surface area contributed by atoms with Crippen molar-refractivity contribution < 1.29 is 9.59 Å². The lowest BCUT2D eigenvalue weighted by Crippen LogP contribution is -2.37. The Kier molecular flexibility index (Phi) is 7.07. The Hall–Kier alpha value is -4.10. The molecule has 1 N–H and O–H groups in total. The summed E-state index contributed by atoms with van der Waals surface area (Å²) < 4.78 is 0. The smallest absolute Gasteiger partial charge is 0.261 e. The van der Waals surface area contributed by atoms with Crippen LogP contribution >= 0.6 is 0 Å². The summed E-state index contributed by atoms with van der Waals surface area (Å²) in [7, 11) is 0. The number of amides is 2. The zero-order chi connectivity index (χ0) is 26.8. The van der Waals surface area contributed by atoms with Crippen molar-refractivity contribution in [1.82, 2.24) is 24.8 Å². The fourth-order valence-corrected chi connectivity index (χ4v) is 6.14. The van der Waals surface area contributed by atoms with Crippen LogP contribution in [0.15, 0.2) is 79.5 Å². The highest BCUT2D eigenvalue weighted by atomic mass is 16.2. The van der Waals surface area contributed by atoms with Crippen LogP contribution in [-0.2, 0) is 6.42 Å². The Labute approximate surface area is 228 Å². The summed E-state index contributed by atoms with van der Waals surface area (Å²) in [5, 5.41) is 0. The second kappa shape index (κ2) is 10.9. The molecular formula is C32H33N5O2. The highest BCUT2D eigenvalue weighted by molar-refractivity contribution is 6.21. The third-order valence-electron chi connectivity index (χ3n) is 8.01. The van der Waals surface area contributed by atoms with Gasteiger partial charge in [0.15, 0.2) is 0 Å². The van der Waals surface area contributed by atoms with Crippen LogP contribution in [0.3, 0.4) is 0 Å². The Morgan fingerprint density at radius 2 is 1.79 bits per heavy atom. The van der Waals surface area contributed by atoms with Gasteiger partial charge < -0.3 is 4.98 Å². The normalized spacial score (nSPS) is 17.5. The summed E-state index contributed by atoms with van der Waals surface area (Å²) in [4.78, 5) is 43.0. The van der Waals surface area contributed by atoms with E-state index in [1.807, 2.05) is 36.5 Å². The predicted molar refractivity (Wildman–Crippen MR) is 151 cm³/mol. The van der Waals surface area contributed by atoms with E-state index in [9.17, 15) is 9.59 Å². The number of unbranched alkanes of at least 4 members (excludes halogenated alkanes) is 1. The number of carbonyl (C=O) groups excluding carboxylic acids is 2. The minimum Gasteiger partial charge on any atom is -0.341 e. The van der Waals surface area contributed by atoms with Crippen LogP contribution in [0.1, 0.15) is 82.0 Å². The summed E-state index contributed by atoms with van der Waals surface area (Å²) in [6.07, 6.45) is 9.34. The maximum absolute atomic E-state index is 12.8. The van der Waals surface area contributed by atoms with Crippen molar-refractivity contribution >= 4 is 22.8 Å². The number of carbonyl (C=O) groups is 2. The molecule has 7 nitrogen and oxygen atoms in total. The fraction of sp³-hybridized carbons (Fsp3) is 0.312. The molecular weight excluding hydrogens is 486 g/mol. The molecule has 2 amide bonds. The van der Waals surface area contributed by atoms with Gasteiger partial charge in [-0.1, -0.05) is 36.4 Å². The minimum absolute atomic E-state index is 0.00663. The van der Waals surface area contributed by atoms with E-state index in [2.05, 4.69) is 28.6 Å². The molecule has 0 fully saturated rings. The van der Waals surface area contributed by atoms with Gasteiger partial charge in [-0.3, -0.25) is 24.4 Å². The van der Waals surface area contributed by atoms with Crippen molar-refractivity contribution in [2.75, 3.05) is 13.1 Å². The number of aryl methyl sites for hydroxylation is 1. The average Bonchev–Trinajstić information content (AvgIpc) is 3.51. The molecule has 0 radical (unpaired) electrons. The van der Waals surface area contributed by atoms with Gasteiger partial charge in [-0.25, -0.2) is 4.98 Å². The number of rotatable bonds is 10. The number of pyridine rings is 1. The number of benzene rings is 2. The second-order valence-electron chi connectivity index (χ2n) is 10.4. The van der Waals surface area contributed by atoms with Crippen LogP contribution in [0.4, 0.5) is 0 Å². The van der Waals surface area contributed by atoms with Gasteiger partial charge in [0.05, 0.1) is 39.9 Å². The number of imide groups is 1. The first-order chi connectivity index (χ1) is 19.2. The number of fused-ring (bicyclic) bond motifs is 3. The topological polar surface area (TPSA) is 82.2 Å². The zero-order valence-electron chi connectivity index (χ0n) is 22.1. The largest absolute Gasteiger partial charge is 0.341 e. The highest BCUT2D eigenvalue weighted by Gasteiger charge is 2.36. The molecule has 0 spiro atoms. The van der Waals surface area contributed by atoms with Crippen LogP contribution < -0.4 is 0 Å².